The molecule has 34 heavy (non-hydrogen) atoms. The van der Waals surface area contributed by atoms with E-state index < -0.39 is 19.5 Å². The molecular weight excluding hydrogens is 475 g/mol. The zero-order chi connectivity index (χ0) is 24.9. The monoisotopic (exact) mass is 502 g/mol. The highest BCUT2D eigenvalue weighted by atomic mass is 32.1. The van der Waals surface area contributed by atoms with Gasteiger partial charge in [0.05, 0.1) is 24.1 Å². The summed E-state index contributed by atoms with van der Waals surface area (Å²) >= 11 is 0.895. The van der Waals surface area contributed by atoms with Crippen molar-refractivity contribution in [1.82, 2.24) is 4.98 Å². The first kappa shape index (κ1) is 25.8. The Kier molecular flexibility index (Phi) is 8.38. The van der Waals surface area contributed by atoms with Gasteiger partial charge < -0.3 is 14.2 Å². The van der Waals surface area contributed by atoms with Gasteiger partial charge in [0.2, 0.25) is 0 Å². The minimum Gasteiger partial charge on any atom is -0.477 e. The predicted octanol–water partition coefficient (Wildman–Crippen LogP) is 6.30. The summed E-state index contributed by atoms with van der Waals surface area (Å²) in [7, 11) is -3.35. The zero-order valence-electron chi connectivity index (χ0n) is 19.3. The van der Waals surface area contributed by atoms with Gasteiger partial charge in [-0.15, -0.1) is 0 Å². The summed E-state index contributed by atoms with van der Waals surface area (Å²) in [6, 6.07) is 15.5. The van der Waals surface area contributed by atoms with Gasteiger partial charge in [0.1, 0.15) is 4.88 Å². The highest BCUT2D eigenvalue weighted by molar-refractivity contribution is 7.53. The van der Waals surface area contributed by atoms with Crippen LogP contribution in [0.5, 0.6) is 0 Å². The maximum atomic E-state index is 13.1. The second kappa shape index (κ2) is 11.1. The van der Waals surface area contributed by atoms with Crippen LogP contribution in [0.25, 0.3) is 11.3 Å². The number of thiazole rings is 1. The average molecular weight is 503 g/mol. The molecule has 0 atom stereocenters. The minimum atomic E-state index is -3.35. The average Bonchev–Trinajstić information content (AvgIpc) is 3.17. The van der Waals surface area contributed by atoms with Crippen LogP contribution in [-0.2, 0) is 19.8 Å². The molecular formula is C24H27N2O6PS. The van der Waals surface area contributed by atoms with Crippen LogP contribution in [0.1, 0.15) is 53.3 Å². The van der Waals surface area contributed by atoms with Gasteiger partial charge in [-0.2, -0.15) is 0 Å². The zero-order valence-corrected chi connectivity index (χ0v) is 21.1. The molecule has 180 valence electrons. The highest BCUT2D eigenvalue weighted by Gasteiger charge is 2.28. The number of carboxylic acids is 1. The van der Waals surface area contributed by atoms with E-state index in [1.54, 1.807) is 76.2 Å². The summed E-state index contributed by atoms with van der Waals surface area (Å²) in [5, 5.41) is 12.4. The van der Waals surface area contributed by atoms with E-state index in [9.17, 15) is 19.3 Å². The number of nitrogens with zero attached hydrogens (tertiary/aromatic N) is 1. The Labute approximate surface area is 202 Å². The standard InChI is InChI=1S/C24H27N2O6PS/c1-15(2)31-33(30,32-16(3)4)14-17-10-12-19(13-11-17)22(27)26-24-25-20(21(34-24)23(28)29)18-8-6-5-7-9-18/h5-13,15-16H,14H2,1-4H3,(H,28,29)(H,25,26,27). The summed E-state index contributed by atoms with van der Waals surface area (Å²) in [6.07, 6.45) is -0.436. The molecule has 1 heterocycles. The summed E-state index contributed by atoms with van der Waals surface area (Å²) in [5.41, 5.74) is 2.00. The molecule has 3 rings (SSSR count). The molecule has 10 heteroatoms. The maximum Gasteiger partial charge on any atom is 0.348 e. The predicted molar refractivity (Wildman–Crippen MR) is 133 cm³/mol. The first-order valence-electron chi connectivity index (χ1n) is 10.7. The number of aromatic nitrogens is 1. The Balaban J connectivity index is 1.75. The van der Waals surface area contributed by atoms with Crippen LogP contribution in [0.3, 0.4) is 0 Å². The second-order valence-electron chi connectivity index (χ2n) is 8.10. The van der Waals surface area contributed by atoms with Gasteiger partial charge in [-0.1, -0.05) is 53.8 Å². The van der Waals surface area contributed by atoms with Crippen molar-refractivity contribution in [2.24, 2.45) is 0 Å². The third-order valence-electron chi connectivity index (χ3n) is 4.42. The summed E-state index contributed by atoms with van der Waals surface area (Å²) in [4.78, 5) is 28.8. The number of aromatic carboxylic acids is 1. The van der Waals surface area contributed by atoms with Crippen molar-refractivity contribution in [3.05, 3.63) is 70.6 Å². The number of hydrogen-bond acceptors (Lipinski definition) is 7. The van der Waals surface area contributed by atoms with Crippen LogP contribution in [-0.4, -0.2) is 34.2 Å². The van der Waals surface area contributed by atoms with E-state index in [0.29, 0.717) is 22.4 Å². The van der Waals surface area contributed by atoms with E-state index in [0.717, 1.165) is 11.3 Å². The van der Waals surface area contributed by atoms with Crippen LogP contribution < -0.4 is 5.32 Å². The number of amides is 1. The number of carboxylic acid groups (broad SMARTS) is 1. The van der Waals surface area contributed by atoms with Crippen molar-refractivity contribution >= 4 is 35.9 Å². The molecule has 8 nitrogen and oxygen atoms in total. The van der Waals surface area contributed by atoms with Crippen molar-refractivity contribution in [1.29, 1.82) is 0 Å². The van der Waals surface area contributed by atoms with Gasteiger partial charge >= 0.3 is 13.6 Å². The normalized spacial score (nSPS) is 11.7. The molecule has 0 radical (unpaired) electrons. The topological polar surface area (TPSA) is 115 Å². The van der Waals surface area contributed by atoms with Crippen LogP contribution in [0.15, 0.2) is 54.6 Å². The number of carbonyl (C=O) groups is 2. The first-order valence-corrected chi connectivity index (χ1v) is 13.3. The second-order valence-corrected chi connectivity index (χ2v) is 11.1. The summed E-state index contributed by atoms with van der Waals surface area (Å²) in [5.74, 6) is -1.55. The fraction of sp³-hybridized carbons (Fsp3) is 0.292. The van der Waals surface area contributed by atoms with Gasteiger partial charge in [-0.25, -0.2) is 9.78 Å². The van der Waals surface area contributed by atoms with Crippen molar-refractivity contribution in [2.75, 3.05) is 5.32 Å². The molecule has 3 aromatic rings. The minimum absolute atomic E-state index is 0.0444. The molecule has 1 aromatic heterocycles. The van der Waals surface area contributed by atoms with Gasteiger partial charge in [-0.3, -0.25) is 14.7 Å². The molecule has 0 fully saturated rings. The summed E-state index contributed by atoms with van der Waals surface area (Å²) < 4.78 is 24.2. The van der Waals surface area contributed by atoms with E-state index in [2.05, 4.69) is 10.3 Å². The number of benzene rings is 2. The number of carbonyl (C=O) groups excluding carboxylic acids is 1. The molecule has 0 aliphatic carbocycles. The van der Waals surface area contributed by atoms with Crippen molar-refractivity contribution in [3.8, 4) is 11.3 Å². The lowest BCUT2D eigenvalue weighted by Gasteiger charge is -2.22. The van der Waals surface area contributed by atoms with Crippen molar-refractivity contribution in [3.63, 3.8) is 0 Å². The smallest absolute Gasteiger partial charge is 0.348 e. The molecule has 1 amide bonds. The van der Waals surface area contributed by atoms with E-state index in [1.807, 2.05) is 6.07 Å². The van der Waals surface area contributed by atoms with E-state index in [-0.39, 0.29) is 28.4 Å². The number of hydrogen-bond donors (Lipinski definition) is 2. The third kappa shape index (κ3) is 6.84. The number of nitrogens with one attached hydrogen (secondary N) is 1. The Morgan fingerprint density at radius 2 is 1.59 bits per heavy atom. The molecule has 0 bridgehead atoms. The fourth-order valence-corrected chi connectivity index (χ4v) is 6.17. The van der Waals surface area contributed by atoms with E-state index in [1.165, 1.54) is 0 Å². The molecule has 2 aromatic carbocycles. The van der Waals surface area contributed by atoms with Crippen LogP contribution >= 0.6 is 18.9 Å². The van der Waals surface area contributed by atoms with Gasteiger partial charge in [0.15, 0.2) is 5.13 Å². The quantitative estimate of drug-likeness (QED) is 0.313. The lowest BCUT2D eigenvalue weighted by atomic mass is 10.1. The van der Waals surface area contributed by atoms with E-state index in [4.69, 9.17) is 9.05 Å². The number of anilines is 1. The SMILES string of the molecule is CC(C)OP(=O)(Cc1ccc(C(=O)Nc2nc(-c3ccccc3)c(C(=O)O)s2)cc1)OC(C)C. The molecule has 0 aliphatic rings. The largest absolute Gasteiger partial charge is 0.477 e. The molecule has 0 unspecified atom stereocenters. The lowest BCUT2D eigenvalue weighted by molar-refractivity contribution is 0.0702. The first-order chi connectivity index (χ1) is 16.1. The Bertz CT molecular complexity index is 1180. The van der Waals surface area contributed by atoms with Crippen LogP contribution in [0, 0.1) is 0 Å². The molecule has 0 spiro atoms. The highest BCUT2D eigenvalue weighted by Crippen LogP contribution is 2.53. The molecule has 0 aliphatic heterocycles. The lowest BCUT2D eigenvalue weighted by Crippen LogP contribution is -2.12. The van der Waals surface area contributed by atoms with Gasteiger partial charge in [0.25, 0.3) is 5.91 Å². The molecule has 0 saturated carbocycles. The van der Waals surface area contributed by atoms with Crippen molar-refractivity contribution < 1.29 is 28.3 Å². The van der Waals surface area contributed by atoms with Gasteiger partial charge in [0, 0.05) is 11.1 Å². The summed E-state index contributed by atoms with van der Waals surface area (Å²) in [6.45, 7) is 7.17. The molecule has 2 N–H and O–H groups in total. The van der Waals surface area contributed by atoms with Crippen LogP contribution in [0.4, 0.5) is 5.13 Å². The Morgan fingerprint density at radius 3 is 2.12 bits per heavy atom. The molecule has 0 saturated heterocycles. The van der Waals surface area contributed by atoms with E-state index >= 15 is 0 Å². The maximum absolute atomic E-state index is 13.1. The third-order valence-corrected chi connectivity index (χ3v) is 7.62. The Hall–Kier alpha value is -2.84. The number of rotatable bonds is 10. The Morgan fingerprint density at radius 1 is 1.00 bits per heavy atom. The van der Waals surface area contributed by atoms with Gasteiger partial charge in [-0.05, 0) is 45.4 Å². The fourth-order valence-electron chi connectivity index (χ4n) is 3.21. The van der Waals surface area contributed by atoms with Crippen LogP contribution in [0.2, 0.25) is 0 Å². The van der Waals surface area contributed by atoms with Crippen molar-refractivity contribution in [2.45, 2.75) is 46.1 Å².